The van der Waals surface area contributed by atoms with Crippen molar-refractivity contribution in [3.8, 4) is 6.07 Å². The first-order valence-electron chi connectivity index (χ1n) is 5.09. The molecule has 0 aliphatic rings. The summed E-state index contributed by atoms with van der Waals surface area (Å²) in [5.74, 6) is -0.422. The predicted molar refractivity (Wildman–Crippen MR) is 54.1 cm³/mol. The minimum atomic E-state index is -0.422. The van der Waals surface area contributed by atoms with Crippen molar-refractivity contribution in [2.45, 2.75) is 51.4 Å². The number of carbonyl (C=O) groups excluding carboxylic acids is 1. The first-order valence-corrected chi connectivity index (χ1v) is 5.09. The van der Waals surface area contributed by atoms with E-state index in [2.05, 4.69) is 6.07 Å². The van der Waals surface area contributed by atoms with Crippen molar-refractivity contribution in [2.75, 3.05) is 0 Å². The molecule has 1 N–H and O–H groups in total. The topological polar surface area (TPSA) is 76.0 Å². The normalized spacial score (nSPS) is 9.43. The van der Waals surface area contributed by atoms with Crippen molar-refractivity contribution in [1.29, 1.82) is 5.26 Å². The van der Waals surface area contributed by atoms with Crippen LogP contribution >= 0.6 is 0 Å². The molecule has 80 valence electrons. The maximum absolute atomic E-state index is 10.5. The lowest BCUT2D eigenvalue weighted by molar-refractivity contribution is -0.120. The molecule has 4 heteroatoms. The molecule has 0 aromatic rings. The maximum Gasteiger partial charge on any atom is 0.209 e. The summed E-state index contributed by atoms with van der Waals surface area (Å²) in [4.78, 5) is 10.5. The molecule has 4 nitrogen and oxygen atoms in total. The van der Waals surface area contributed by atoms with Crippen molar-refractivity contribution < 1.29 is 4.79 Å². The van der Waals surface area contributed by atoms with Crippen molar-refractivity contribution in [3.63, 3.8) is 0 Å². The Morgan fingerprint density at radius 3 is 2.29 bits per heavy atom. The third kappa shape index (κ3) is 9.01. The van der Waals surface area contributed by atoms with Crippen molar-refractivity contribution in [3.05, 3.63) is 5.21 Å². The molecule has 0 aromatic carbocycles. The Morgan fingerprint density at radius 2 is 1.71 bits per heavy atom. The standard InChI is InChI=1S/C10H17N2O2/c11-9-7-5-3-1-2-4-6-8-10(13)12-14/h1-8H2,(H-,12,13,14)/q-1. The lowest BCUT2D eigenvalue weighted by Gasteiger charge is -2.06. The highest BCUT2D eigenvalue weighted by Crippen LogP contribution is 2.07. The lowest BCUT2D eigenvalue weighted by Crippen LogP contribution is -2.14. The zero-order chi connectivity index (χ0) is 10.6. The van der Waals surface area contributed by atoms with E-state index in [1.807, 2.05) is 0 Å². The first kappa shape index (κ1) is 12.9. The molecule has 0 spiro atoms. The molecule has 0 aliphatic heterocycles. The minimum Gasteiger partial charge on any atom is -0.759 e. The lowest BCUT2D eigenvalue weighted by atomic mass is 10.1. The highest BCUT2D eigenvalue weighted by atomic mass is 16.5. The monoisotopic (exact) mass is 197 g/mol. The van der Waals surface area contributed by atoms with E-state index in [1.54, 1.807) is 0 Å². The van der Waals surface area contributed by atoms with Crippen LogP contribution in [0.25, 0.3) is 0 Å². The molecule has 0 saturated heterocycles. The van der Waals surface area contributed by atoms with Crippen LogP contribution in [0, 0.1) is 16.5 Å². The van der Waals surface area contributed by atoms with Gasteiger partial charge in [-0.3, -0.25) is 4.79 Å². The summed E-state index contributed by atoms with van der Waals surface area (Å²) in [6.45, 7) is 0. The SMILES string of the molecule is N#CCCCCCCCCC(=O)N[O-]. The number of carbonyl (C=O) groups is 1. The van der Waals surface area contributed by atoms with Crippen LogP contribution in [0.3, 0.4) is 0 Å². The van der Waals surface area contributed by atoms with E-state index in [1.165, 1.54) is 5.48 Å². The number of rotatable bonds is 8. The quantitative estimate of drug-likeness (QED) is 0.479. The average Bonchev–Trinajstić information content (AvgIpc) is 2.21. The van der Waals surface area contributed by atoms with Crippen molar-refractivity contribution >= 4 is 5.91 Å². The van der Waals surface area contributed by atoms with Gasteiger partial charge in [0.2, 0.25) is 5.91 Å². The second kappa shape index (κ2) is 10.0. The fourth-order valence-corrected chi connectivity index (χ4v) is 1.25. The van der Waals surface area contributed by atoms with Crippen LogP contribution in [0.15, 0.2) is 0 Å². The van der Waals surface area contributed by atoms with Crippen LogP contribution < -0.4 is 5.48 Å². The number of nitrogens with one attached hydrogen (secondary N) is 1. The fourth-order valence-electron chi connectivity index (χ4n) is 1.25. The summed E-state index contributed by atoms with van der Waals surface area (Å²) in [5, 5.41) is 18.1. The number of hydrogen-bond acceptors (Lipinski definition) is 3. The van der Waals surface area contributed by atoms with Crippen LogP contribution in [0.2, 0.25) is 0 Å². The Bertz CT molecular complexity index is 187. The molecule has 0 radical (unpaired) electrons. The number of hydrogen-bond donors (Lipinski definition) is 1. The zero-order valence-electron chi connectivity index (χ0n) is 8.42. The zero-order valence-corrected chi connectivity index (χ0v) is 8.42. The van der Waals surface area contributed by atoms with Crippen LogP contribution in [-0.4, -0.2) is 5.91 Å². The Kier molecular flexibility index (Phi) is 9.23. The highest BCUT2D eigenvalue weighted by molar-refractivity contribution is 5.76. The van der Waals surface area contributed by atoms with Crippen LogP contribution in [-0.2, 0) is 4.79 Å². The summed E-state index contributed by atoms with van der Waals surface area (Å²) in [6.07, 6.45) is 6.99. The van der Waals surface area contributed by atoms with Gasteiger partial charge in [0, 0.05) is 12.8 Å². The second-order valence-corrected chi connectivity index (χ2v) is 3.30. The van der Waals surface area contributed by atoms with E-state index < -0.39 is 5.91 Å². The molecule has 0 saturated carbocycles. The van der Waals surface area contributed by atoms with Crippen LogP contribution in [0.1, 0.15) is 51.4 Å². The van der Waals surface area contributed by atoms with Gasteiger partial charge in [-0.25, -0.2) is 0 Å². The van der Waals surface area contributed by atoms with Gasteiger partial charge in [-0.1, -0.05) is 25.7 Å². The Morgan fingerprint density at radius 1 is 1.14 bits per heavy atom. The van der Waals surface area contributed by atoms with Gasteiger partial charge < -0.3 is 10.7 Å². The summed E-state index contributed by atoms with van der Waals surface area (Å²) < 4.78 is 0. The van der Waals surface area contributed by atoms with Gasteiger partial charge in [0.05, 0.1) is 6.07 Å². The van der Waals surface area contributed by atoms with Gasteiger partial charge >= 0.3 is 0 Å². The third-order valence-electron chi connectivity index (χ3n) is 2.06. The average molecular weight is 197 g/mol. The summed E-state index contributed by atoms with van der Waals surface area (Å²) in [6, 6.07) is 2.10. The van der Waals surface area contributed by atoms with Crippen LogP contribution in [0.4, 0.5) is 0 Å². The van der Waals surface area contributed by atoms with E-state index >= 15 is 0 Å². The number of hydroxylamine groups is 1. The molecule has 0 bridgehead atoms. The molecule has 0 aliphatic carbocycles. The van der Waals surface area contributed by atoms with E-state index in [0.717, 1.165) is 38.5 Å². The summed E-state index contributed by atoms with van der Waals surface area (Å²) in [7, 11) is 0. The molecule has 0 fully saturated rings. The summed E-state index contributed by atoms with van der Waals surface area (Å²) in [5.41, 5.74) is 1.36. The minimum absolute atomic E-state index is 0.335. The molecule has 1 amide bonds. The number of amides is 1. The first-order chi connectivity index (χ1) is 6.81. The second-order valence-electron chi connectivity index (χ2n) is 3.30. The molecule has 0 rings (SSSR count). The van der Waals surface area contributed by atoms with Gasteiger partial charge in [0.1, 0.15) is 0 Å². The summed E-state index contributed by atoms with van der Waals surface area (Å²) >= 11 is 0. The van der Waals surface area contributed by atoms with Crippen molar-refractivity contribution in [1.82, 2.24) is 5.48 Å². The Labute approximate surface area is 84.9 Å². The molecule has 0 aromatic heterocycles. The van der Waals surface area contributed by atoms with Gasteiger partial charge in [0.15, 0.2) is 0 Å². The third-order valence-corrected chi connectivity index (χ3v) is 2.06. The fraction of sp³-hybridized carbons (Fsp3) is 0.800. The molecule has 0 atom stereocenters. The molecular formula is C10H17N2O2-. The molecule has 0 heterocycles. The highest BCUT2D eigenvalue weighted by Gasteiger charge is 1.95. The molecule has 0 unspecified atom stereocenters. The number of unbranched alkanes of at least 4 members (excludes halogenated alkanes) is 6. The maximum atomic E-state index is 10.5. The van der Waals surface area contributed by atoms with E-state index in [9.17, 15) is 10.0 Å². The largest absolute Gasteiger partial charge is 0.759 e. The van der Waals surface area contributed by atoms with E-state index in [-0.39, 0.29) is 0 Å². The van der Waals surface area contributed by atoms with Gasteiger partial charge in [-0.15, -0.1) is 0 Å². The van der Waals surface area contributed by atoms with E-state index in [4.69, 9.17) is 5.26 Å². The number of nitrogens with zero attached hydrogens (tertiary/aromatic N) is 1. The van der Waals surface area contributed by atoms with Gasteiger partial charge in [0.25, 0.3) is 0 Å². The number of nitriles is 1. The predicted octanol–water partition coefficient (Wildman–Crippen LogP) is 2.24. The smallest absolute Gasteiger partial charge is 0.209 e. The van der Waals surface area contributed by atoms with Crippen molar-refractivity contribution in [2.24, 2.45) is 0 Å². The molecular weight excluding hydrogens is 180 g/mol. The Hall–Kier alpha value is -1.08. The van der Waals surface area contributed by atoms with Crippen LogP contribution in [0.5, 0.6) is 0 Å². The van der Waals surface area contributed by atoms with Gasteiger partial charge in [-0.05, 0) is 12.8 Å². The van der Waals surface area contributed by atoms with Gasteiger partial charge in [-0.2, -0.15) is 5.26 Å². The van der Waals surface area contributed by atoms with E-state index in [0.29, 0.717) is 12.8 Å². The molecule has 14 heavy (non-hydrogen) atoms. The Balaban J connectivity index is 3.00.